The first-order chi connectivity index (χ1) is 21.8. The molecule has 0 bridgehead atoms. The predicted molar refractivity (Wildman–Crippen MR) is 168 cm³/mol. The minimum Gasteiger partial charge on any atom is -0.340 e. The molecule has 1 saturated heterocycles. The molecule has 5 aromatic rings. The first-order valence-electron chi connectivity index (χ1n) is 14.8. The summed E-state index contributed by atoms with van der Waals surface area (Å²) in [6, 6.07) is 14.1. The predicted octanol–water partition coefficient (Wildman–Crippen LogP) is 2.48. The van der Waals surface area contributed by atoms with Gasteiger partial charge in [0.25, 0.3) is 17.4 Å². The van der Waals surface area contributed by atoms with Gasteiger partial charge in [-0.1, -0.05) is 36.3 Å². The van der Waals surface area contributed by atoms with Crippen LogP contribution in [0, 0.1) is 18.8 Å². The normalized spacial score (nSPS) is 16.4. The number of imide groups is 1. The molecule has 0 aliphatic carbocycles. The van der Waals surface area contributed by atoms with Gasteiger partial charge in [0, 0.05) is 31.2 Å². The first-order valence-corrected chi connectivity index (χ1v) is 14.8. The van der Waals surface area contributed by atoms with E-state index in [1.165, 1.54) is 9.47 Å². The van der Waals surface area contributed by atoms with Crippen molar-refractivity contribution in [2.45, 2.75) is 45.8 Å². The molecule has 12 heteroatoms. The van der Waals surface area contributed by atoms with E-state index >= 15 is 0 Å². The van der Waals surface area contributed by atoms with E-state index in [2.05, 4.69) is 21.8 Å². The minimum absolute atomic E-state index is 0.112. The van der Waals surface area contributed by atoms with E-state index < -0.39 is 11.2 Å². The Morgan fingerprint density at radius 3 is 2.36 bits per heavy atom. The second-order valence-electron chi connectivity index (χ2n) is 11.3. The Morgan fingerprint density at radius 2 is 1.62 bits per heavy atom. The summed E-state index contributed by atoms with van der Waals surface area (Å²) in [5, 5.41) is 0.902. The number of benzene rings is 2. The van der Waals surface area contributed by atoms with Crippen LogP contribution in [-0.2, 0) is 20.1 Å². The topological polar surface area (TPSA) is 128 Å². The van der Waals surface area contributed by atoms with Crippen molar-refractivity contribution in [1.29, 1.82) is 0 Å². The number of hydrogen-bond donors (Lipinski definition) is 0. The fourth-order valence-electron chi connectivity index (χ4n) is 6.44. The summed E-state index contributed by atoms with van der Waals surface area (Å²) >= 11 is 0. The third kappa shape index (κ3) is 4.50. The van der Waals surface area contributed by atoms with E-state index in [4.69, 9.17) is 4.98 Å². The molecule has 0 radical (unpaired) electrons. The molecule has 2 amide bonds. The minimum atomic E-state index is -0.540. The maximum atomic E-state index is 14.1. The summed E-state index contributed by atoms with van der Waals surface area (Å²) in [6.45, 7) is 4.56. The van der Waals surface area contributed by atoms with Crippen LogP contribution in [0.1, 0.15) is 52.0 Å². The van der Waals surface area contributed by atoms with Crippen LogP contribution >= 0.6 is 0 Å². The van der Waals surface area contributed by atoms with Crippen molar-refractivity contribution in [1.82, 2.24) is 33.6 Å². The number of para-hydroxylation sites is 1. The van der Waals surface area contributed by atoms with Crippen LogP contribution < -0.4 is 16.1 Å². The molecule has 7 rings (SSSR count). The SMILES string of the molecule is CC#CCn1c(N2CCC[C@H](N3C(=O)c4ccccc4C3=O)C2)nc2c1c(=O)n(Cc1nc(C)c3ccccc3n1)c(=O)n2C. The van der Waals surface area contributed by atoms with Gasteiger partial charge in [-0.15, -0.1) is 5.92 Å². The van der Waals surface area contributed by atoms with Crippen LogP contribution in [0.15, 0.2) is 58.1 Å². The number of rotatable bonds is 5. The Morgan fingerprint density at radius 1 is 0.911 bits per heavy atom. The molecule has 1 atom stereocenters. The van der Waals surface area contributed by atoms with E-state index in [-0.39, 0.29) is 42.1 Å². The third-order valence-corrected chi connectivity index (χ3v) is 8.64. The molecule has 0 unspecified atom stereocenters. The second-order valence-corrected chi connectivity index (χ2v) is 11.3. The average Bonchev–Trinajstić information content (AvgIpc) is 3.56. The molecule has 5 heterocycles. The van der Waals surface area contributed by atoms with Crippen LogP contribution in [-0.4, -0.2) is 64.5 Å². The summed E-state index contributed by atoms with van der Waals surface area (Å²) < 4.78 is 4.21. The van der Waals surface area contributed by atoms with Crippen LogP contribution in [0.25, 0.3) is 22.1 Å². The molecule has 2 aliphatic rings. The van der Waals surface area contributed by atoms with E-state index in [9.17, 15) is 19.2 Å². The number of carbonyl (C=O) groups is 2. The molecule has 0 saturated carbocycles. The number of anilines is 1. The average molecular weight is 603 g/mol. The zero-order valence-electron chi connectivity index (χ0n) is 25.1. The van der Waals surface area contributed by atoms with Gasteiger partial charge in [0.15, 0.2) is 11.2 Å². The number of amides is 2. The number of aromatic nitrogens is 6. The Hall–Kier alpha value is -5.57. The van der Waals surface area contributed by atoms with Gasteiger partial charge in [-0.3, -0.25) is 33.0 Å². The number of fused-ring (bicyclic) bond motifs is 3. The van der Waals surface area contributed by atoms with Crippen LogP contribution in [0.5, 0.6) is 0 Å². The molecular weight excluding hydrogens is 572 g/mol. The summed E-state index contributed by atoms with van der Waals surface area (Å²) in [5.74, 6) is 6.13. The molecule has 226 valence electrons. The van der Waals surface area contributed by atoms with Crippen molar-refractivity contribution in [3.8, 4) is 11.8 Å². The van der Waals surface area contributed by atoms with Crippen molar-refractivity contribution < 1.29 is 9.59 Å². The molecular formula is C33H30N8O4. The zero-order chi connectivity index (χ0) is 31.4. The number of imidazole rings is 1. The largest absolute Gasteiger partial charge is 0.340 e. The van der Waals surface area contributed by atoms with Gasteiger partial charge in [0.1, 0.15) is 5.82 Å². The van der Waals surface area contributed by atoms with Gasteiger partial charge >= 0.3 is 5.69 Å². The van der Waals surface area contributed by atoms with Crippen molar-refractivity contribution in [3.63, 3.8) is 0 Å². The van der Waals surface area contributed by atoms with Crippen molar-refractivity contribution in [2.75, 3.05) is 18.0 Å². The molecule has 0 spiro atoms. The van der Waals surface area contributed by atoms with Gasteiger partial charge < -0.3 is 4.90 Å². The van der Waals surface area contributed by atoms with Gasteiger partial charge in [0.05, 0.1) is 35.8 Å². The van der Waals surface area contributed by atoms with E-state index in [0.29, 0.717) is 48.8 Å². The van der Waals surface area contributed by atoms with Crippen molar-refractivity contribution >= 4 is 39.8 Å². The molecule has 3 aromatic heterocycles. The second kappa shape index (κ2) is 10.9. The monoisotopic (exact) mass is 602 g/mol. The van der Waals surface area contributed by atoms with Crippen LogP contribution in [0.2, 0.25) is 0 Å². The Balaban J connectivity index is 1.30. The lowest BCUT2D eigenvalue weighted by Gasteiger charge is -2.37. The summed E-state index contributed by atoms with van der Waals surface area (Å²) in [6.07, 6.45) is 1.34. The fourth-order valence-corrected chi connectivity index (χ4v) is 6.44. The fraction of sp³-hybridized carbons (Fsp3) is 0.303. The molecule has 12 nitrogen and oxygen atoms in total. The lowest BCUT2D eigenvalue weighted by Crippen LogP contribution is -2.50. The van der Waals surface area contributed by atoms with Crippen LogP contribution in [0.3, 0.4) is 0 Å². The molecule has 2 aromatic carbocycles. The van der Waals surface area contributed by atoms with E-state index in [0.717, 1.165) is 21.2 Å². The summed E-state index contributed by atoms with van der Waals surface area (Å²) in [7, 11) is 1.58. The van der Waals surface area contributed by atoms with Crippen molar-refractivity contribution in [3.05, 3.63) is 92.0 Å². The summed E-state index contributed by atoms with van der Waals surface area (Å²) in [5.41, 5.74) is 1.70. The van der Waals surface area contributed by atoms with Gasteiger partial charge in [0.2, 0.25) is 5.95 Å². The highest BCUT2D eigenvalue weighted by Crippen LogP contribution is 2.30. The highest BCUT2D eigenvalue weighted by Gasteiger charge is 2.41. The van der Waals surface area contributed by atoms with Gasteiger partial charge in [-0.05, 0) is 44.9 Å². The summed E-state index contributed by atoms with van der Waals surface area (Å²) in [4.78, 5) is 71.5. The Bertz CT molecular complexity index is 2200. The number of carbonyl (C=O) groups excluding carboxylic acids is 2. The van der Waals surface area contributed by atoms with Crippen LogP contribution in [0.4, 0.5) is 5.95 Å². The molecule has 0 N–H and O–H groups in total. The van der Waals surface area contributed by atoms with Gasteiger partial charge in [-0.25, -0.2) is 14.8 Å². The molecule has 2 aliphatic heterocycles. The lowest BCUT2D eigenvalue weighted by molar-refractivity contribution is 0.0569. The molecule has 1 fully saturated rings. The maximum absolute atomic E-state index is 14.1. The van der Waals surface area contributed by atoms with E-state index in [1.807, 2.05) is 36.1 Å². The maximum Gasteiger partial charge on any atom is 0.332 e. The highest BCUT2D eigenvalue weighted by molar-refractivity contribution is 6.21. The van der Waals surface area contributed by atoms with Gasteiger partial charge in [-0.2, -0.15) is 4.98 Å². The molecule has 45 heavy (non-hydrogen) atoms. The third-order valence-electron chi connectivity index (χ3n) is 8.64. The smallest absolute Gasteiger partial charge is 0.332 e. The first kappa shape index (κ1) is 28.2. The van der Waals surface area contributed by atoms with E-state index in [1.54, 1.807) is 42.8 Å². The highest BCUT2D eigenvalue weighted by atomic mass is 16.2. The number of aryl methyl sites for hydroxylation is 2. The number of nitrogens with zero attached hydrogens (tertiary/aromatic N) is 8. The lowest BCUT2D eigenvalue weighted by atomic mass is 10.0. The zero-order valence-corrected chi connectivity index (χ0v) is 25.1. The van der Waals surface area contributed by atoms with Crippen molar-refractivity contribution in [2.24, 2.45) is 7.05 Å². The Kier molecular flexibility index (Phi) is 6.81. The number of piperidine rings is 1. The standard InChI is InChI=1S/C33H30N8O4/c1-4-5-17-39-27-28(37(3)33(45)40(31(27)44)19-26-34-20(2)22-12-8-9-15-25(22)35-26)36-32(39)38-16-10-11-21(18-38)41-29(42)23-13-6-7-14-24(23)30(41)43/h6-9,12-15,21H,10-11,16-19H2,1-3H3/t21-/m0/s1. The Labute approximate surface area is 257 Å². The quantitative estimate of drug-likeness (QED) is 0.222. The number of hydrogen-bond acceptors (Lipinski definition) is 8.